The number of hydrogen-bond acceptors (Lipinski definition) is 0. The van der Waals surface area contributed by atoms with Crippen LogP contribution in [0, 0.1) is 0 Å². The topological polar surface area (TPSA) is 0 Å². The molecule has 0 spiro atoms. The third-order valence-corrected chi connectivity index (χ3v) is 6.20. The summed E-state index contributed by atoms with van der Waals surface area (Å²) < 4.78 is 0. The third-order valence-electron chi connectivity index (χ3n) is 3.57. The Kier molecular flexibility index (Phi) is 4.82. The van der Waals surface area contributed by atoms with Gasteiger partial charge in [0, 0.05) is 6.16 Å². The predicted molar refractivity (Wildman–Crippen MR) is 94.1 cm³/mol. The zero-order chi connectivity index (χ0) is 14.3. The van der Waals surface area contributed by atoms with Crippen molar-refractivity contribution < 1.29 is 0 Å². The summed E-state index contributed by atoms with van der Waals surface area (Å²) in [6.45, 7) is 0. The molecule has 0 nitrogen and oxygen atoms in total. The fraction of sp³-hybridized carbons (Fsp3) is 0.100. The lowest BCUT2D eigenvalue weighted by Crippen LogP contribution is -2.04. The molecule has 0 radical (unpaired) electrons. The van der Waals surface area contributed by atoms with Crippen LogP contribution < -0.4 is 5.30 Å². The highest BCUT2D eigenvalue weighted by molar-refractivity contribution is 7.69. The second-order valence-corrected chi connectivity index (χ2v) is 7.35. The van der Waals surface area contributed by atoms with Crippen LogP contribution in [0.1, 0.15) is 12.0 Å². The van der Waals surface area contributed by atoms with E-state index in [9.17, 15) is 0 Å². The monoisotopic (exact) mass is 290 g/mol. The molecule has 0 fully saturated rings. The molecule has 0 amide bonds. The lowest BCUT2D eigenvalue weighted by atomic mass is 10.2. The average Bonchev–Trinajstić information content (AvgIpc) is 2.84. The first kappa shape index (κ1) is 14.0. The van der Waals surface area contributed by atoms with Crippen molar-refractivity contribution in [2.24, 2.45) is 0 Å². The van der Waals surface area contributed by atoms with Gasteiger partial charge in [-0.25, -0.2) is 0 Å². The Morgan fingerprint density at radius 3 is 2.24 bits per heavy atom. The van der Waals surface area contributed by atoms with Gasteiger partial charge in [0.1, 0.15) is 0 Å². The molecule has 21 heavy (non-hydrogen) atoms. The summed E-state index contributed by atoms with van der Waals surface area (Å²) in [4.78, 5) is 0. The summed E-state index contributed by atoms with van der Waals surface area (Å²) in [6, 6.07) is 21.8. The van der Waals surface area contributed by atoms with E-state index in [1.165, 1.54) is 10.9 Å². The van der Waals surface area contributed by atoms with Crippen LogP contribution in [0.3, 0.4) is 0 Å². The summed E-state index contributed by atoms with van der Waals surface area (Å²) in [5, 5.41) is 3.01. The highest BCUT2D eigenvalue weighted by Gasteiger charge is 2.16. The van der Waals surface area contributed by atoms with Crippen molar-refractivity contribution in [1.29, 1.82) is 0 Å². The van der Waals surface area contributed by atoms with Crippen LogP contribution in [0.2, 0.25) is 0 Å². The van der Waals surface area contributed by atoms with Crippen molar-refractivity contribution in [1.82, 2.24) is 0 Å². The highest BCUT2D eigenvalue weighted by atomic mass is 31.1. The summed E-state index contributed by atoms with van der Waals surface area (Å²) in [6.07, 6.45) is 13.2. The second-order valence-electron chi connectivity index (χ2n) is 5.08. The third kappa shape index (κ3) is 3.80. The van der Waals surface area contributed by atoms with Crippen molar-refractivity contribution in [3.05, 3.63) is 102 Å². The van der Waals surface area contributed by atoms with Crippen LogP contribution in [0.25, 0.3) is 0 Å². The quantitative estimate of drug-likeness (QED) is 0.662. The number of hydrogen-bond donors (Lipinski definition) is 0. The molecule has 2 aromatic carbocycles. The van der Waals surface area contributed by atoms with E-state index in [1.54, 1.807) is 5.31 Å². The maximum atomic E-state index is 2.31. The summed E-state index contributed by atoms with van der Waals surface area (Å²) in [5.41, 5.74) is 1.42. The van der Waals surface area contributed by atoms with Gasteiger partial charge in [0.25, 0.3) is 0 Å². The Morgan fingerprint density at radius 1 is 0.762 bits per heavy atom. The minimum Gasteiger partial charge on any atom is -0.0801 e. The molecular formula is C20H19P. The molecule has 0 aliphatic heterocycles. The normalized spacial score (nSPS) is 15.3. The second kappa shape index (κ2) is 7.20. The Labute approximate surface area is 128 Å². The average molecular weight is 290 g/mol. The first-order valence-electron chi connectivity index (χ1n) is 7.32. The van der Waals surface area contributed by atoms with Crippen molar-refractivity contribution in [3.8, 4) is 0 Å². The van der Waals surface area contributed by atoms with Crippen LogP contribution in [-0.4, -0.2) is 0 Å². The van der Waals surface area contributed by atoms with E-state index >= 15 is 0 Å². The molecule has 0 saturated heterocycles. The Balaban J connectivity index is 1.93. The van der Waals surface area contributed by atoms with Crippen molar-refractivity contribution in [2.45, 2.75) is 12.6 Å². The lowest BCUT2D eigenvalue weighted by Gasteiger charge is -2.21. The fourth-order valence-electron chi connectivity index (χ4n) is 2.50. The van der Waals surface area contributed by atoms with E-state index in [0.29, 0.717) is 0 Å². The van der Waals surface area contributed by atoms with Crippen LogP contribution in [-0.2, 0) is 6.16 Å². The van der Waals surface area contributed by atoms with Crippen LogP contribution in [0.4, 0.5) is 0 Å². The minimum atomic E-state index is -0.309. The molecule has 0 N–H and O–H groups in total. The van der Waals surface area contributed by atoms with Gasteiger partial charge in [0.05, 0.1) is 0 Å². The standard InChI is InChI=1S/C20H19P/c1-2-8-14-19(13-7-1)21(20-15-9-4-10-16-20)17-18-11-5-3-6-12-18/h1-13,15-16H,14,17H2. The zero-order valence-electron chi connectivity index (χ0n) is 12.0. The minimum absolute atomic E-state index is 0.309. The van der Waals surface area contributed by atoms with Gasteiger partial charge >= 0.3 is 0 Å². The molecule has 1 heteroatoms. The highest BCUT2D eigenvalue weighted by Crippen LogP contribution is 2.49. The van der Waals surface area contributed by atoms with Gasteiger partial charge in [-0.2, -0.15) is 0 Å². The number of rotatable bonds is 4. The molecule has 1 atom stereocenters. The SMILES string of the molecule is C1=CC=C(P(Cc2ccccc2)c2ccccc2)CC=C1. The smallest absolute Gasteiger partial charge is 0.000450 e. The summed E-state index contributed by atoms with van der Waals surface area (Å²) in [5.74, 6) is 0. The van der Waals surface area contributed by atoms with E-state index in [1.807, 2.05) is 0 Å². The van der Waals surface area contributed by atoms with E-state index in [2.05, 4.69) is 91.0 Å². The molecule has 0 bridgehead atoms. The zero-order valence-corrected chi connectivity index (χ0v) is 12.9. The van der Waals surface area contributed by atoms with Gasteiger partial charge in [-0.05, 0) is 30.5 Å². The fourth-order valence-corrected chi connectivity index (χ4v) is 4.92. The van der Waals surface area contributed by atoms with Crippen LogP contribution >= 0.6 is 7.92 Å². The molecule has 104 valence electrons. The van der Waals surface area contributed by atoms with E-state index in [-0.39, 0.29) is 7.92 Å². The Hall–Kier alpha value is -1.91. The van der Waals surface area contributed by atoms with Crippen LogP contribution in [0.5, 0.6) is 0 Å². The molecule has 1 aliphatic rings. The Bertz CT molecular complexity index is 651. The van der Waals surface area contributed by atoms with Gasteiger partial charge in [-0.15, -0.1) is 0 Å². The first-order valence-corrected chi connectivity index (χ1v) is 8.85. The predicted octanol–water partition coefficient (Wildman–Crippen LogP) is 5.39. The molecule has 2 aromatic rings. The van der Waals surface area contributed by atoms with Crippen LogP contribution in [0.15, 0.2) is 96.4 Å². The van der Waals surface area contributed by atoms with Crippen molar-refractivity contribution >= 4 is 13.2 Å². The summed E-state index contributed by atoms with van der Waals surface area (Å²) in [7, 11) is -0.309. The number of allylic oxidation sites excluding steroid dienone is 6. The molecule has 0 heterocycles. The largest absolute Gasteiger partial charge is 0.0801 e. The lowest BCUT2D eigenvalue weighted by molar-refractivity contribution is 1.33. The van der Waals surface area contributed by atoms with E-state index in [0.717, 1.165) is 12.6 Å². The van der Waals surface area contributed by atoms with Crippen molar-refractivity contribution in [3.63, 3.8) is 0 Å². The first-order chi connectivity index (χ1) is 10.4. The van der Waals surface area contributed by atoms with Gasteiger partial charge in [0.15, 0.2) is 0 Å². The Morgan fingerprint density at radius 2 is 1.48 bits per heavy atom. The molecule has 3 rings (SSSR count). The van der Waals surface area contributed by atoms with E-state index in [4.69, 9.17) is 0 Å². The molecule has 1 unspecified atom stereocenters. The number of benzene rings is 2. The maximum Gasteiger partial charge on any atom is 0.000450 e. The van der Waals surface area contributed by atoms with Gasteiger partial charge in [-0.1, -0.05) is 91.0 Å². The summed E-state index contributed by atoms with van der Waals surface area (Å²) >= 11 is 0. The van der Waals surface area contributed by atoms with Gasteiger partial charge in [0.2, 0.25) is 0 Å². The van der Waals surface area contributed by atoms with E-state index < -0.39 is 0 Å². The molecule has 0 aromatic heterocycles. The van der Waals surface area contributed by atoms with Gasteiger partial charge in [-0.3, -0.25) is 0 Å². The molecule has 0 saturated carbocycles. The molecular weight excluding hydrogens is 271 g/mol. The van der Waals surface area contributed by atoms with Crippen molar-refractivity contribution in [2.75, 3.05) is 0 Å². The maximum absolute atomic E-state index is 2.31. The van der Waals surface area contributed by atoms with Gasteiger partial charge < -0.3 is 0 Å². The molecule has 1 aliphatic carbocycles.